The lowest BCUT2D eigenvalue weighted by atomic mass is 10.2. The third-order valence-corrected chi connectivity index (χ3v) is 2.49. The second kappa shape index (κ2) is 3.57. The van der Waals surface area contributed by atoms with Crippen LogP contribution in [0.4, 0.5) is 0 Å². The highest BCUT2D eigenvalue weighted by Gasteiger charge is 2.05. The van der Waals surface area contributed by atoms with Crippen molar-refractivity contribution in [2.45, 2.75) is 0 Å². The third-order valence-electron chi connectivity index (χ3n) is 2.31. The summed E-state index contributed by atoms with van der Waals surface area (Å²) >= 11 is 5.75. The van der Waals surface area contributed by atoms with Gasteiger partial charge in [-0.05, 0) is 17.7 Å². The summed E-state index contributed by atoms with van der Waals surface area (Å²) in [5.41, 5.74) is 0.997. The van der Waals surface area contributed by atoms with E-state index in [9.17, 15) is 0 Å². The number of rotatable bonds is 1. The van der Waals surface area contributed by atoms with Crippen LogP contribution in [0.25, 0.3) is 16.7 Å². The van der Waals surface area contributed by atoms with E-state index in [1.54, 1.807) is 23.1 Å². The third kappa shape index (κ3) is 1.44. The summed E-state index contributed by atoms with van der Waals surface area (Å²) in [5.74, 6) is 0.668. The quantitative estimate of drug-likeness (QED) is 0.603. The summed E-state index contributed by atoms with van der Waals surface area (Å²) in [5, 5.41) is 5.56. The van der Waals surface area contributed by atoms with Crippen molar-refractivity contribution in [2.75, 3.05) is 0 Å². The maximum absolute atomic E-state index is 5.75. The van der Waals surface area contributed by atoms with Gasteiger partial charge in [0.2, 0.25) is 5.28 Å². The van der Waals surface area contributed by atoms with Gasteiger partial charge in [-0.15, -0.1) is 0 Å². The van der Waals surface area contributed by atoms with E-state index in [1.807, 2.05) is 24.3 Å². The van der Waals surface area contributed by atoms with E-state index >= 15 is 0 Å². The standard InChI is InChI=1S/C11H7ClN4/c12-11-13-6-5-10(15-11)16-9-4-2-1-3-8(9)7-14-16/h1-7H. The molecule has 78 valence electrons. The van der Waals surface area contributed by atoms with Crippen molar-refractivity contribution in [3.05, 3.63) is 48.0 Å². The topological polar surface area (TPSA) is 43.6 Å². The molecule has 2 heterocycles. The lowest BCUT2D eigenvalue weighted by Crippen LogP contribution is -1.99. The van der Waals surface area contributed by atoms with Gasteiger partial charge in [-0.2, -0.15) is 10.1 Å². The first-order valence-corrected chi connectivity index (χ1v) is 5.14. The number of aromatic nitrogens is 4. The molecule has 16 heavy (non-hydrogen) atoms. The number of halogens is 1. The molecule has 0 radical (unpaired) electrons. The Morgan fingerprint density at radius 1 is 1.12 bits per heavy atom. The van der Waals surface area contributed by atoms with Crippen LogP contribution in [0.5, 0.6) is 0 Å². The van der Waals surface area contributed by atoms with E-state index in [4.69, 9.17) is 11.6 Å². The minimum atomic E-state index is 0.220. The summed E-state index contributed by atoms with van der Waals surface area (Å²) in [7, 11) is 0. The molecule has 1 aromatic carbocycles. The molecule has 0 bridgehead atoms. The summed E-state index contributed by atoms with van der Waals surface area (Å²) in [6, 6.07) is 9.69. The maximum atomic E-state index is 5.75. The van der Waals surface area contributed by atoms with Crippen LogP contribution >= 0.6 is 11.6 Å². The molecule has 5 heteroatoms. The van der Waals surface area contributed by atoms with Crippen molar-refractivity contribution in [1.29, 1.82) is 0 Å². The Morgan fingerprint density at radius 3 is 2.88 bits per heavy atom. The molecule has 4 nitrogen and oxygen atoms in total. The van der Waals surface area contributed by atoms with Crippen LogP contribution in [0.1, 0.15) is 0 Å². The van der Waals surface area contributed by atoms with E-state index in [-0.39, 0.29) is 5.28 Å². The molecule has 0 saturated heterocycles. The van der Waals surface area contributed by atoms with Gasteiger partial charge in [0, 0.05) is 17.6 Å². The van der Waals surface area contributed by atoms with Crippen molar-refractivity contribution in [3.8, 4) is 5.82 Å². The van der Waals surface area contributed by atoms with Gasteiger partial charge in [-0.3, -0.25) is 0 Å². The average molecular weight is 231 g/mol. The van der Waals surface area contributed by atoms with Gasteiger partial charge in [0.25, 0.3) is 0 Å². The SMILES string of the molecule is Clc1nccc(-n2ncc3ccccc32)n1. The molecule has 0 N–H and O–H groups in total. The number of fused-ring (bicyclic) bond motifs is 1. The fourth-order valence-corrected chi connectivity index (χ4v) is 1.74. The number of para-hydroxylation sites is 1. The first-order chi connectivity index (χ1) is 7.84. The zero-order valence-electron chi connectivity index (χ0n) is 8.21. The van der Waals surface area contributed by atoms with E-state index in [2.05, 4.69) is 15.1 Å². The number of benzene rings is 1. The Labute approximate surface area is 96.5 Å². The number of hydrogen-bond donors (Lipinski definition) is 0. The molecule has 3 rings (SSSR count). The highest BCUT2D eigenvalue weighted by molar-refractivity contribution is 6.28. The van der Waals surface area contributed by atoms with Crippen LogP contribution in [0.2, 0.25) is 5.28 Å². The van der Waals surface area contributed by atoms with Crippen molar-refractivity contribution < 1.29 is 0 Å². The molecular weight excluding hydrogens is 224 g/mol. The predicted octanol–water partition coefficient (Wildman–Crippen LogP) is 2.47. The molecule has 0 saturated carbocycles. The first-order valence-electron chi connectivity index (χ1n) is 4.76. The summed E-state index contributed by atoms with van der Waals surface area (Å²) in [6.07, 6.45) is 3.41. The van der Waals surface area contributed by atoms with E-state index in [0.29, 0.717) is 5.82 Å². The smallest absolute Gasteiger partial charge is 0.224 e. The van der Waals surface area contributed by atoms with Gasteiger partial charge < -0.3 is 0 Å². The summed E-state index contributed by atoms with van der Waals surface area (Å²) < 4.78 is 1.74. The Kier molecular flexibility index (Phi) is 2.08. The number of hydrogen-bond acceptors (Lipinski definition) is 3. The van der Waals surface area contributed by atoms with Crippen molar-refractivity contribution in [3.63, 3.8) is 0 Å². The molecule has 0 fully saturated rings. The van der Waals surface area contributed by atoms with E-state index < -0.39 is 0 Å². The zero-order chi connectivity index (χ0) is 11.0. The molecule has 0 spiro atoms. The molecule has 3 aromatic rings. The van der Waals surface area contributed by atoms with E-state index in [1.165, 1.54) is 0 Å². The van der Waals surface area contributed by atoms with Gasteiger partial charge in [-0.25, -0.2) is 9.67 Å². The van der Waals surface area contributed by atoms with Crippen LogP contribution in [0, 0.1) is 0 Å². The molecular formula is C11H7ClN4. The highest BCUT2D eigenvalue weighted by Crippen LogP contribution is 2.16. The predicted molar refractivity (Wildman–Crippen MR) is 61.7 cm³/mol. The lowest BCUT2D eigenvalue weighted by Gasteiger charge is -2.01. The normalized spacial score (nSPS) is 10.8. The van der Waals surface area contributed by atoms with Crippen molar-refractivity contribution in [2.24, 2.45) is 0 Å². The minimum Gasteiger partial charge on any atom is -0.226 e. The molecule has 2 aromatic heterocycles. The summed E-state index contributed by atoms with van der Waals surface area (Å²) in [6.45, 7) is 0. The van der Waals surface area contributed by atoms with Crippen LogP contribution < -0.4 is 0 Å². The fourth-order valence-electron chi connectivity index (χ4n) is 1.60. The van der Waals surface area contributed by atoms with Crippen LogP contribution in [0.15, 0.2) is 42.7 Å². The summed E-state index contributed by atoms with van der Waals surface area (Å²) in [4.78, 5) is 7.96. The first kappa shape index (κ1) is 9.30. The second-order valence-corrected chi connectivity index (χ2v) is 3.64. The van der Waals surface area contributed by atoms with E-state index in [0.717, 1.165) is 10.9 Å². The largest absolute Gasteiger partial charge is 0.226 e. The zero-order valence-corrected chi connectivity index (χ0v) is 8.96. The van der Waals surface area contributed by atoms with Gasteiger partial charge in [0.1, 0.15) is 0 Å². The molecule has 0 amide bonds. The molecule has 0 aliphatic heterocycles. The molecule has 0 atom stereocenters. The van der Waals surface area contributed by atoms with Crippen LogP contribution in [-0.4, -0.2) is 19.7 Å². The monoisotopic (exact) mass is 230 g/mol. The van der Waals surface area contributed by atoms with Gasteiger partial charge in [-0.1, -0.05) is 18.2 Å². The minimum absolute atomic E-state index is 0.220. The van der Waals surface area contributed by atoms with Crippen LogP contribution in [-0.2, 0) is 0 Å². The van der Waals surface area contributed by atoms with Crippen molar-refractivity contribution >= 4 is 22.5 Å². The molecule has 0 aliphatic carbocycles. The maximum Gasteiger partial charge on any atom is 0.224 e. The van der Waals surface area contributed by atoms with Gasteiger partial charge in [0.15, 0.2) is 5.82 Å². The molecule has 0 unspecified atom stereocenters. The van der Waals surface area contributed by atoms with Crippen LogP contribution in [0.3, 0.4) is 0 Å². The second-order valence-electron chi connectivity index (χ2n) is 3.30. The molecule has 0 aliphatic rings. The fraction of sp³-hybridized carbons (Fsp3) is 0. The Balaban J connectivity index is 2.26. The highest BCUT2D eigenvalue weighted by atomic mass is 35.5. The van der Waals surface area contributed by atoms with Gasteiger partial charge >= 0.3 is 0 Å². The lowest BCUT2D eigenvalue weighted by molar-refractivity contribution is 0.866. The number of nitrogens with zero attached hydrogens (tertiary/aromatic N) is 4. The Morgan fingerprint density at radius 2 is 2.00 bits per heavy atom. The Hall–Kier alpha value is -1.94. The Bertz CT molecular complexity index is 647. The van der Waals surface area contributed by atoms with Gasteiger partial charge in [0.05, 0.1) is 11.7 Å². The van der Waals surface area contributed by atoms with Crippen molar-refractivity contribution in [1.82, 2.24) is 19.7 Å². The average Bonchev–Trinajstić information content (AvgIpc) is 2.72.